The van der Waals surface area contributed by atoms with Crippen LogP contribution in [0.3, 0.4) is 0 Å². The first-order valence-corrected chi connectivity index (χ1v) is 17.9. The second kappa shape index (κ2) is 14.4. The molecular weight excluding hydrogens is 632 g/mol. The number of esters is 2. The number of rotatable bonds is 15. The molecule has 0 bridgehead atoms. The van der Waals surface area contributed by atoms with Gasteiger partial charge in [-0.25, -0.2) is 23.7 Å². The van der Waals surface area contributed by atoms with Gasteiger partial charge in [-0.2, -0.15) is 0 Å². The Labute approximate surface area is 253 Å². The SMILES string of the molecule is CC(C)OC(=O)[C@H](C)NP(C)(=O)OC[C@H]1O[C@@H](n2ccc(=O)[nH]c2=O)C(F)(F)C1(C)COP(C)(=O)N[C@@H](C)C(=O)OC(C)C. The topological polar surface area (TPSA) is 193 Å². The molecule has 0 aromatic carbocycles. The lowest BCUT2D eigenvalue weighted by Crippen LogP contribution is -2.49. The van der Waals surface area contributed by atoms with Gasteiger partial charge in [0.2, 0.25) is 6.23 Å². The summed E-state index contributed by atoms with van der Waals surface area (Å²) in [5.74, 6) is -5.40. The van der Waals surface area contributed by atoms with E-state index in [9.17, 15) is 28.3 Å². The second-order valence-corrected chi connectivity index (χ2v) is 15.9. The van der Waals surface area contributed by atoms with Crippen molar-refractivity contribution in [3.05, 3.63) is 33.1 Å². The fraction of sp³-hybridized carbons (Fsp3) is 0.760. The van der Waals surface area contributed by atoms with Gasteiger partial charge in [0.1, 0.15) is 12.1 Å². The lowest BCUT2D eigenvalue weighted by atomic mass is 9.80. The molecule has 2 rings (SSSR count). The molecule has 252 valence electrons. The van der Waals surface area contributed by atoms with Gasteiger partial charge in [0, 0.05) is 25.6 Å². The Hall–Kier alpha value is -2.26. The molecule has 1 saturated heterocycles. The molecule has 0 radical (unpaired) electrons. The van der Waals surface area contributed by atoms with E-state index in [-0.39, 0.29) is 0 Å². The number of carbonyl (C=O) groups is 2. The molecule has 0 amide bonds. The number of nitrogens with one attached hydrogen (secondary N) is 3. The summed E-state index contributed by atoms with van der Waals surface area (Å²) in [5, 5.41) is 4.94. The van der Waals surface area contributed by atoms with E-state index in [0.717, 1.165) is 32.5 Å². The second-order valence-electron chi connectivity index (χ2n) is 11.5. The minimum absolute atomic E-state index is 0.445. The number of alkyl halides is 2. The van der Waals surface area contributed by atoms with E-state index >= 15 is 8.78 Å². The first kappa shape index (κ1) is 37.9. The Bertz CT molecular complexity index is 1400. The van der Waals surface area contributed by atoms with Crippen LogP contribution in [-0.2, 0) is 42.0 Å². The molecule has 7 atom stereocenters. The molecule has 0 spiro atoms. The van der Waals surface area contributed by atoms with E-state index in [4.69, 9.17) is 23.3 Å². The Morgan fingerprint density at radius 1 is 0.977 bits per heavy atom. The van der Waals surface area contributed by atoms with Crippen molar-refractivity contribution in [2.45, 2.75) is 91.0 Å². The van der Waals surface area contributed by atoms with Crippen LogP contribution < -0.4 is 21.4 Å². The van der Waals surface area contributed by atoms with E-state index in [1.165, 1.54) is 13.8 Å². The summed E-state index contributed by atoms with van der Waals surface area (Å²) in [6, 6.07) is -1.35. The molecule has 1 aliphatic rings. The summed E-state index contributed by atoms with van der Waals surface area (Å²) < 4.78 is 85.8. The van der Waals surface area contributed by atoms with Crippen molar-refractivity contribution in [1.29, 1.82) is 0 Å². The van der Waals surface area contributed by atoms with Crippen LogP contribution in [0.4, 0.5) is 8.78 Å². The standard InChI is InChI=1S/C25H42F2N4O11P2/c1-14(2)40-20(33)16(5)29-43(8,36)38-12-18-24(7,13-39-44(9,37)30-17(6)21(34)41-15(3)4)25(26,27)22(42-18)31-11-10-19(32)28-23(31)35/h10-11,14-18,22H,12-13H2,1-9H3,(H,29,36)(H,30,37)(H,28,32,35)/t16-,17-,18+,22+,24?,43?,44?/m0/s1. The van der Waals surface area contributed by atoms with Crippen LogP contribution in [0.2, 0.25) is 0 Å². The first-order valence-electron chi connectivity index (χ1n) is 13.8. The Kier molecular flexibility index (Phi) is 12.5. The van der Waals surface area contributed by atoms with Gasteiger partial charge in [-0.1, -0.05) is 0 Å². The number of aromatic amines is 1. The molecular formula is C25H42F2N4O11P2. The number of hydrogen-bond acceptors (Lipinski definition) is 11. The highest BCUT2D eigenvalue weighted by atomic mass is 31.2. The molecule has 2 heterocycles. The molecule has 3 N–H and O–H groups in total. The maximum absolute atomic E-state index is 16.2. The fourth-order valence-electron chi connectivity index (χ4n) is 4.17. The third-order valence-corrected chi connectivity index (χ3v) is 9.51. The van der Waals surface area contributed by atoms with Crippen LogP contribution in [0.1, 0.15) is 54.7 Å². The zero-order chi connectivity index (χ0) is 33.8. The number of H-pyrrole nitrogens is 1. The van der Waals surface area contributed by atoms with Gasteiger partial charge in [-0.15, -0.1) is 0 Å². The van der Waals surface area contributed by atoms with Gasteiger partial charge in [0.05, 0.1) is 36.9 Å². The van der Waals surface area contributed by atoms with Crippen LogP contribution in [-0.4, -0.2) is 84.4 Å². The Morgan fingerprint density at radius 3 is 1.91 bits per heavy atom. The summed E-state index contributed by atoms with van der Waals surface area (Å²) in [4.78, 5) is 50.2. The van der Waals surface area contributed by atoms with Crippen LogP contribution in [0.5, 0.6) is 0 Å². The zero-order valence-corrected chi connectivity index (χ0v) is 27.9. The minimum atomic E-state index is -3.94. The van der Waals surface area contributed by atoms with Crippen molar-refractivity contribution in [2.75, 3.05) is 26.5 Å². The predicted molar refractivity (Wildman–Crippen MR) is 155 cm³/mol. The van der Waals surface area contributed by atoms with Crippen molar-refractivity contribution in [1.82, 2.24) is 19.7 Å². The van der Waals surface area contributed by atoms with Crippen molar-refractivity contribution in [2.24, 2.45) is 5.41 Å². The summed E-state index contributed by atoms with van der Waals surface area (Å²) in [6.45, 7) is 10.8. The van der Waals surface area contributed by atoms with Gasteiger partial charge in [0.15, 0.2) is 0 Å². The molecule has 1 aromatic heterocycles. The molecule has 15 nitrogen and oxygen atoms in total. The van der Waals surface area contributed by atoms with Gasteiger partial charge >= 0.3 is 23.6 Å². The average Bonchev–Trinajstić information content (AvgIpc) is 3.05. The van der Waals surface area contributed by atoms with Gasteiger partial charge < -0.3 is 23.3 Å². The van der Waals surface area contributed by atoms with Gasteiger partial charge in [0.25, 0.3) is 20.6 Å². The first-order chi connectivity index (χ1) is 20.0. The smallest absolute Gasteiger partial charge is 0.330 e. The fourth-order valence-corrected chi connectivity index (χ4v) is 6.87. The Morgan fingerprint density at radius 2 is 1.45 bits per heavy atom. The van der Waals surface area contributed by atoms with Crippen molar-refractivity contribution in [3.63, 3.8) is 0 Å². The molecule has 3 unspecified atom stereocenters. The maximum atomic E-state index is 16.2. The van der Waals surface area contributed by atoms with E-state index in [0.29, 0.717) is 4.57 Å². The zero-order valence-electron chi connectivity index (χ0n) is 26.1. The van der Waals surface area contributed by atoms with Crippen LogP contribution in [0.25, 0.3) is 0 Å². The highest BCUT2D eigenvalue weighted by Gasteiger charge is 2.68. The molecule has 19 heteroatoms. The summed E-state index contributed by atoms with van der Waals surface area (Å²) in [6.07, 6.45) is -4.01. The summed E-state index contributed by atoms with van der Waals surface area (Å²) >= 11 is 0. The lowest BCUT2D eigenvalue weighted by molar-refractivity contribution is -0.153. The monoisotopic (exact) mass is 674 g/mol. The Balaban J connectivity index is 2.35. The predicted octanol–water partition coefficient (Wildman–Crippen LogP) is 2.61. The largest absolute Gasteiger partial charge is 0.462 e. The van der Waals surface area contributed by atoms with Gasteiger partial charge in [-0.3, -0.25) is 33.1 Å². The number of hydrogen-bond donors (Lipinski definition) is 3. The molecule has 0 saturated carbocycles. The third kappa shape index (κ3) is 9.62. The van der Waals surface area contributed by atoms with Crippen molar-refractivity contribution >= 4 is 27.0 Å². The summed E-state index contributed by atoms with van der Waals surface area (Å²) in [5.41, 5.74) is -4.40. The molecule has 1 aromatic rings. The molecule has 1 fully saturated rings. The number of halogens is 2. The minimum Gasteiger partial charge on any atom is -0.462 e. The van der Waals surface area contributed by atoms with Crippen LogP contribution in [0, 0.1) is 5.41 Å². The highest BCUT2D eigenvalue weighted by Crippen LogP contribution is 2.57. The molecule has 1 aliphatic heterocycles. The molecule has 0 aliphatic carbocycles. The maximum Gasteiger partial charge on any atom is 0.330 e. The number of nitrogens with zero attached hydrogens (tertiary/aromatic N) is 1. The van der Waals surface area contributed by atoms with E-state index in [1.807, 2.05) is 4.98 Å². The molecule has 44 heavy (non-hydrogen) atoms. The van der Waals surface area contributed by atoms with E-state index in [1.54, 1.807) is 27.7 Å². The normalized spacial score (nSPS) is 25.7. The highest BCUT2D eigenvalue weighted by molar-refractivity contribution is 7.56. The lowest BCUT2D eigenvalue weighted by Gasteiger charge is -2.35. The van der Waals surface area contributed by atoms with E-state index in [2.05, 4.69) is 10.2 Å². The van der Waals surface area contributed by atoms with Crippen molar-refractivity contribution < 1.29 is 50.8 Å². The number of ether oxygens (including phenoxy) is 3. The average molecular weight is 675 g/mol. The van der Waals surface area contributed by atoms with E-state index < -0.39 is 99.4 Å². The van der Waals surface area contributed by atoms with Crippen LogP contribution in [0.15, 0.2) is 21.9 Å². The van der Waals surface area contributed by atoms with Gasteiger partial charge in [-0.05, 0) is 48.5 Å². The summed E-state index contributed by atoms with van der Waals surface area (Å²) in [7, 11) is -7.79. The van der Waals surface area contributed by atoms with Crippen LogP contribution >= 0.6 is 15.0 Å². The quantitative estimate of drug-likeness (QED) is 0.182. The van der Waals surface area contributed by atoms with Crippen molar-refractivity contribution in [3.8, 4) is 0 Å². The number of aromatic nitrogens is 2. The third-order valence-electron chi connectivity index (χ3n) is 6.53. The number of carbonyl (C=O) groups excluding carboxylic acids is 2.